The minimum atomic E-state index is -4.42. The topological polar surface area (TPSA) is 47.0 Å². The molecule has 0 unspecified atom stereocenters. The van der Waals surface area contributed by atoms with Crippen LogP contribution in [0.5, 0.6) is 0 Å². The molecule has 0 radical (unpaired) electrons. The second-order valence-corrected chi connectivity index (χ2v) is 6.99. The average molecular weight is 306 g/mol. The van der Waals surface area contributed by atoms with Crippen molar-refractivity contribution in [2.45, 2.75) is 11.2 Å². The monoisotopic (exact) mass is 305 g/mol. The van der Waals surface area contributed by atoms with Crippen LogP contribution in [-0.2, 0) is 15.2 Å². The molecule has 0 N–H and O–H groups in total. The van der Waals surface area contributed by atoms with Crippen LogP contribution in [0.4, 0.5) is 13.2 Å². The summed E-state index contributed by atoms with van der Waals surface area (Å²) in [6.07, 6.45) is -3.72. The predicted octanol–water partition coefficient (Wildman–Crippen LogP) is 2.76. The van der Waals surface area contributed by atoms with Crippen molar-refractivity contribution in [3.63, 3.8) is 0 Å². The van der Waals surface area contributed by atoms with Crippen molar-refractivity contribution < 1.29 is 21.6 Å². The van der Waals surface area contributed by atoms with Gasteiger partial charge in [-0.3, -0.25) is 0 Å². The van der Waals surface area contributed by atoms with E-state index in [9.17, 15) is 21.6 Å². The highest BCUT2D eigenvalue weighted by atomic mass is 35.7. The Morgan fingerprint density at radius 2 is 2.00 bits per heavy atom. The molecule has 0 aliphatic heterocycles. The van der Waals surface area contributed by atoms with Crippen molar-refractivity contribution in [1.82, 2.24) is 4.98 Å². The summed E-state index contributed by atoms with van der Waals surface area (Å²) in [4.78, 5) is 3.57. The van der Waals surface area contributed by atoms with Crippen LogP contribution in [0.25, 0.3) is 0 Å². The molecule has 0 bridgehead atoms. The van der Waals surface area contributed by atoms with Crippen LogP contribution < -0.4 is 0 Å². The number of aromatic nitrogens is 1. The third-order valence-corrected chi connectivity index (χ3v) is 4.00. The van der Waals surface area contributed by atoms with Gasteiger partial charge in [-0.2, -0.15) is 13.2 Å². The maximum Gasteiger partial charge on any atom is 0.417 e. The summed E-state index contributed by atoms with van der Waals surface area (Å²) in [7, 11) is 1.39. The summed E-state index contributed by atoms with van der Waals surface area (Å²) in [6.45, 7) is 0. The highest BCUT2D eigenvalue weighted by Crippen LogP contribution is 2.29. The number of rotatable bonds is 4. The molecule has 1 heterocycles. The van der Waals surface area contributed by atoms with Gasteiger partial charge in [0.15, 0.2) is 0 Å². The highest BCUT2D eigenvalue weighted by molar-refractivity contribution is 8.14. The van der Waals surface area contributed by atoms with Gasteiger partial charge in [-0.15, -0.1) is 11.8 Å². The quantitative estimate of drug-likeness (QED) is 0.634. The Kier molecular flexibility index (Phi) is 4.68. The summed E-state index contributed by atoms with van der Waals surface area (Å²) < 4.78 is 57.7. The molecule has 0 aliphatic rings. The lowest BCUT2D eigenvalue weighted by molar-refractivity contribution is -0.137. The lowest BCUT2D eigenvalue weighted by Gasteiger charge is -2.06. The van der Waals surface area contributed by atoms with Crippen molar-refractivity contribution in [2.24, 2.45) is 0 Å². The molecule has 1 aromatic rings. The summed E-state index contributed by atoms with van der Waals surface area (Å²) in [5, 5.41) is 0.318. The maximum atomic E-state index is 12.2. The Hall–Kier alpha value is -0.470. The Labute approximate surface area is 105 Å². The Bertz CT molecular complexity index is 473. The normalized spacial score (nSPS) is 12.7. The van der Waals surface area contributed by atoms with Gasteiger partial charge in [0.25, 0.3) is 0 Å². The number of nitrogens with zero attached hydrogens (tertiary/aromatic N) is 1. The first-order chi connectivity index (χ1) is 7.68. The zero-order valence-electron chi connectivity index (χ0n) is 8.24. The first-order valence-electron chi connectivity index (χ1n) is 4.27. The van der Waals surface area contributed by atoms with E-state index in [-0.39, 0.29) is 11.5 Å². The first-order valence-corrected chi connectivity index (χ1v) is 7.73. The fraction of sp³-hybridized carbons (Fsp3) is 0.375. The summed E-state index contributed by atoms with van der Waals surface area (Å²) >= 11 is 1.02. The number of pyridine rings is 1. The van der Waals surface area contributed by atoms with Crippen molar-refractivity contribution >= 4 is 31.5 Å². The lowest BCUT2D eigenvalue weighted by Crippen LogP contribution is -2.05. The summed E-state index contributed by atoms with van der Waals surface area (Å²) in [5.41, 5.74) is -0.841. The number of thioether (sulfide) groups is 1. The van der Waals surface area contributed by atoms with Crippen molar-refractivity contribution in [3.8, 4) is 0 Å². The van der Waals surface area contributed by atoms with Gasteiger partial charge in [0.2, 0.25) is 9.05 Å². The summed E-state index contributed by atoms with van der Waals surface area (Å²) in [5.74, 6) is -0.119. The van der Waals surface area contributed by atoms with E-state index in [0.29, 0.717) is 11.2 Å². The minimum Gasteiger partial charge on any atom is -0.249 e. The summed E-state index contributed by atoms with van der Waals surface area (Å²) in [6, 6.07) is 2.08. The second kappa shape index (κ2) is 5.45. The molecule has 1 aromatic heterocycles. The zero-order valence-corrected chi connectivity index (χ0v) is 10.6. The molecule has 3 nitrogen and oxygen atoms in total. The first kappa shape index (κ1) is 14.6. The Morgan fingerprint density at radius 1 is 1.35 bits per heavy atom. The Morgan fingerprint density at radius 3 is 2.41 bits per heavy atom. The predicted molar refractivity (Wildman–Crippen MR) is 59.6 cm³/mol. The van der Waals surface area contributed by atoms with Crippen LogP contribution in [-0.4, -0.2) is 24.9 Å². The van der Waals surface area contributed by atoms with Crippen molar-refractivity contribution in [1.29, 1.82) is 0 Å². The molecule has 0 amide bonds. The van der Waals surface area contributed by atoms with Crippen LogP contribution in [0.3, 0.4) is 0 Å². The van der Waals surface area contributed by atoms with Crippen molar-refractivity contribution in [2.75, 3.05) is 11.5 Å². The largest absolute Gasteiger partial charge is 0.417 e. The fourth-order valence-corrected chi connectivity index (χ4v) is 3.08. The molecule has 9 heteroatoms. The Balaban J connectivity index is 2.58. The minimum absolute atomic E-state index is 0.143. The highest BCUT2D eigenvalue weighted by Gasteiger charge is 2.30. The third kappa shape index (κ3) is 5.60. The molecule has 0 aliphatic carbocycles. The third-order valence-electron chi connectivity index (χ3n) is 1.64. The molecular formula is C8H7ClF3NO2S2. The molecule has 96 valence electrons. The molecule has 1 rings (SSSR count). The molecule has 0 aromatic carbocycles. The molecule has 0 saturated heterocycles. The smallest absolute Gasteiger partial charge is 0.249 e. The van der Waals surface area contributed by atoms with E-state index in [1.54, 1.807) is 0 Å². The van der Waals surface area contributed by atoms with Gasteiger partial charge in [0, 0.05) is 22.6 Å². The maximum absolute atomic E-state index is 12.2. The SMILES string of the molecule is O=S(=O)(Cl)CCSc1ccc(C(F)(F)F)cn1. The van der Waals surface area contributed by atoms with Gasteiger partial charge in [-0.1, -0.05) is 0 Å². The van der Waals surface area contributed by atoms with E-state index in [0.717, 1.165) is 17.8 Å². The second-order valence-electron chi connectivity index (χ2n) is 2.97. The van der Waals surface area contributed by atoms with E-state index in [1.165, 1.54) is 6.07 Å². The number of hydrogen-bond acceptors (Lipinski definition) is 4. The standard InChI is InChI=1S/C8H7ClF3NO2S2/c9-17(14,15)4-3-16-7-2-1-6(5-13-7)8(10,11)12/h1-2,5H,3-4H2. The van der Waals surface area contributed by atoms with Gasteiger partial charge >= 0.3 is 6.18 Å². The van der Waals surface area contributed by atoms with E-state index < -0.39 is 20.8 Å². The van der Waals surface area contributed by atoms with Gasteiger partial charge in [-0.25, -0.2) is 13.4 Å². The number of halogens is 4. The van der Waals surface area contributed by atoms with Crippen LogP contribution in [0.15, 0.2) is 23.4 Å². The van der Waals surface area contributed by atoms with Crippen molar-refractivity contribution in [3.05, 3.63) is 23.9 Å². The van der Waals surface area contributed by atoms with Gasteiger partial charge in [-0.05, 0) is 12.1 Å². The van der Waals surface area contributed by atoms with E-state index in [1.807, 2.05) is 0 Å². The molecule has 0 saturated carbocycles. The average Bonchev–Trinajstić information content (AvgIpc) is 2.15. The van der Waals surface area contributed by atoms with E-state index in [2.05, 4.69) is 4.98 Å². The van der Waals surface area contributed by atoms with E-state index >= 15 is 0 Å². The van der Waals surface area contributed by atoms with Gasteiger partial charge < -0.3 is 0 Å². The van der Waals surface area contributed by atoms with Crippen LogP contribution in [0, 0.1) is 0 Å². The van der Waals surface area contributed by atoms with E-state index in [4.69, 9.17) is 10.7 Å². The molecule has 0 atom stereocenters. The van der Waals surface area contributed by atoms with Gasteiger partial charge in [0.1, 0.15) is 0 Å². The molecular weight excluding hydrogens is 299 g/mol. The van der Waals surface area contributed by atoms with Crippen LogP contribution in [0.1, 0.15) is 5.56 Å². The van der Waals surface area contributed by atoms with Gasteiger partial charge in [0.05, 0.1) is 16.3 Å². The fourth-order valence-electron chi connectivity index (χ4n) is 0.879. The van der Waals surface area contributed by atoms with Crippen LogP contribution in [0.2, 0.25) is 0 Å². The van der Waals surface area contributed by atoms with Crippen LogP contribution >= 0.6 is 22.4 Å². The zero-order chi connectivity index (χ0) is 13.1. The lowest BCUT2D eigenvalue weighted by atomic mass is 10.3. The molecule has 0 fully saturated rings. The molecule has 17 heavy (non-hydrogen) atoms. The number of alkyl halides is 3. The molecule has 0 spiro atoms. The number of hydrogen-bond donors (Lipinski definition) is 0.